The van der Waals surface area contributed by atoms with Gasteiger partial charge in [-0.1, -0.05) is 57.9 Å². The Morgan fingerprint density at radius 1 is 0.926 bits per heavy atom. The molecule has 3 nitrogen and oxygen atoms in total. The zero-order chi connectivity index (χ0) is 18.8. The van der Waals surface area contributed by atoms with Gasteiger partial charge in [0.05, 0.1) is 16.8 Å². The van der Waals surface area contributed by atoms with Crippen LogP contribution in [0.2, 0.25) is 0 Å². The highest BCUT2D eigenvalue weighted by atomic mass is 79.9. The number of rotatable bonds is 3. The van der Waals surface area contributed by atoms with E-state index < -0.39 is 0 Å². The van der Waals surface area contributed by atoms with Crippen LogP contribution < -0.4 is 5.32 Å². The fourth-order valence-corrected chi connectivity index (χ4v) is 3.31. The topological polar surface area (TPSA) is 42.0 Å². The van der Waals surface area contributed by atoms with Crippen molar-refractivity contribution in [3.8, 4) is 11.3 Å². The Labute approximate surface area is 166 Å². The summed E-state index contributed by atoms with van der Waals surface area (Å²) in [6, 6.07) is 25.3. The summed E-state index contributed by atoms with van der Waals surface area (Å²) in [5.41, 5.74) is 5.11. The number of para-hydroxylation sites is 1. The molecule has 0 spiro atoms. The van der Waals surface area contributed by atoms with Crippen LogP contribution in [-0.2, 0) is 0 Å². The minimum atomic E-state index is -0.148. The van der Waals surface area contributed by atoms with Gasteiger partial charge in [0.1, 0.15) is 0 Å². The first-order chi connectivity index (χ1) is 13.1. The van der Waals surface area contributed by atoms with Crippen molar-refractivity contribution in [2.45, 2.75) is 6.92 Å². The molecule has 4 rings (SSSR count). The average Bonchev–Trinajstić information content (AvgIpc) is 2.69. The standard InChI is InChI=1S/C23H17BrN2O/c1-15-5-4-6-16(13-15)22-14-20(19-7-2-3-8-21(19)26-22)23(27)25-18-11-9-17(24)10-12-18/h2-14H,1H3,(H,25,27). The molecule has 132 valence electrons. The number of nitrogens with zero attached hydrogens (tertiary/aromatic N) is 1. The van der Waals surface area contributed by atoms with Gasteiger partial charge in [0.2, 0.25) is 0 Å². The Balaban J connectivity index is 1.80. The Hall–Kier alpha value is -2.98. The highest BCUT2D eigenvalue weighted by Gasteiger charge is 2.14. The molecular formula is C23H17BrN2O. The third kappa shape index (κ3) is 3.76. The molecule has 0 atom stereocenters. The predicted molar refractivity (Wildman–Crippen MR) is 114 cm³/mol. The lowest BCUT2D eigenvalue weighted by Crippen LogP contribution is -2.13. The minimum Gasteiger partial charge on any atom is -0.322 e. The first kappa shape index (κ1) is 17.4. The maximum Gasteiger partial charge on any atom is 0.256 e. The summed E-state index contributed by atoms with van der Waals surface area (Å²) in [6.45, 7) is 2.05. The lowest BCUT2D eigenvalue weighted by atomic mass is 10.0. The molecule has 3 aromatic carbocycles. The second kappa shape index (κ2) is 7.33. The summed E-state index contributed by atoms with van der Waals surface area (Å²) in [6.07, 6.45) is 0. The lowest BCUT2D eigenvalue weighted by molar-refractivity contribution is 0.102. The lowest BCUT2D eigenvalue weighted by Gasteiger charge is -2.11. The molecule has 0 bridgehead atoms. The quantitative estimate of drug-likeness (QED) is 0.430. The van der Waals surface area contributed by atoms with Crippen LogP contribution in [0.1, 0.15) is 15.9 Å². The molecule has 0 unspecified atom stereocenters. The molecule has 0 aliphatic heterocycles. The van der Waals surface area contributed by atoms with Gasteiger partial charge in [0, 0.05) is 21.1 Å². The van der Waals surface area contributed by atoms with Crippen LogP contribution in [0.3, 0.4) is 0 Å². The molecule has 4 aromatic rings. The molecule has 1 N–H and O–H groups in total. The van der Waals surface area contributed by atoms with E-state index in [-0.39, 0.29) is 5.91 Å². The van der Waals surface area contributed by atoms with Crippen molar-refractivity contribution >= 4 is 38.4 Å². The first-order valence-electron chi connectivity index (χ1n) is 8.64. The number of fused-ring (bicyclic) bond motifs is 1. The number of aromatic nitrogens is 1. The zero-order valence-electron chi connectivity index (χ0n) is 14.7. The van der Waals surface area contributed by atoms with Gasteiger partial charge in [0.15, 0.2) is 0 Å². The van der Waals surface area contributed by atoms with E-state index in [0.29, 0.717) is 5.56 Å². The van der Waals surface area contributed by atoms with Crippen molar-refractivity contribution in [2.24, 2.45) is 0 Å². The summed E-state index contributed by atoms with van der Waals surface area (Å²) in [5, 5.41) is 3.82. The van der Waals surface area contributed by atoms with Crippen LogP contribution in [0.4, 0.5) is 5.69 Å². The number of carbonyl (C=O) groups is 1. The molecule has 0 fully saturated rings. The monoisotopic (exact) mass is 416 g/mol. The molecule has 0 aliphatic carbocycles. The molecule has 0 aliphatic rings. The van der Waals surface area contributed by atoms with Crippen molar-refractivity contribution in [3.63, 3.8) is 0 Å². The number of hydrogen-bond donors (Lipinski definition) is 1. The molecule has 1 heterocycles. The summed E-state index contributed by atoms with van der Waals surface area (Å²) >= 11 is 3.41. The maximum absolute atomic E-state index is 13.0. The Kier molecular flexibility index (Phi) is 4.73. The molecule has 27 heavy (non-hydrogen) atoms. The SMILES string of the molecule is Cc1cccc(-c2cc(C(=O)Nc3ccc(Br)cc3)c3ccccc3n2)c1. The van der Waals surface area contributed by atoms with E-state index in [9.17, 15) is 4.79 Å². The van der Waals surface area contributed by atoms with Crippen molar-refractivity contribution in [3.05, 3.63) is 94.5 Å². The third-order valence-electron chi connectivity index (χ3n) is 4.38. The second-order valence-corrected chi connectivity index (χ2v) is 7.32. The number of amides is 1. The van der Waals surface area contributed by atoms with Crippen LogP contribution in [-0.4, -0.2) is 10.9 Å². The number of pyridine rings is 1. The van der Waals surface area contributed by atoms with Gasteiger partial charge in [-0.25, -0.2) is 4.98 Å². The molecule has 0 radical (unpaired) electrons. The van der Waals surface area contributed by atoms with Crippen molar-refractivity contribution < 1.29 is 4.79 Å². The zero-order valence-corrected chi connectivity index (χ0v) is 16.3. The van der Waals surface area contributed by atoms with E-state index in [1.807, 2.05) is 79.7 Å². The minimum absolute atomic E-state index is 0.148. The van der Waals surface area contributed by atoms with Crippen LogP contribution in [0.15, 0.2) is 83.3 Å². The predicted octanol–water partition coefficient (Wildman–Crippen LogP) is 6.23. The van der Waals surface area contributed by atoms with Gasteiger partial charge in [0.25, 0.3) is 5.91 Å². The highest BCUT2D eigenvalue weighted by molar-refractivity contribution is 9.10. The Morgan fingerprint density at radius 2 is 1.70 bits per heavy atom. The van der Waals surface area contributed by atoms with Gasteiger partial charge in [-0.15, -0.1) is 0 Å². The molecule has 0 saturated carbocycles. The van der Waals surface area contributed by atoms with Crippen molar-refractivity contribution in [1.29, 1.82) is 0 Å². The van der Waals surface area contributed by atoms with Gasteiger partial charge in [-0.05, 0) is 49.4 Å². The number of carbonyl (C=O) groups excluding carboxylic acids is 1. The van der Waals surface area contributed by atoms with Crippen LogP contribution >= 0.6 is 15.9 Å². The number of anilines is 1. The molecule has 1 aromatic heterocycles. The highest BCUT2D eigenvalue weighted by Crippen LogP contribution is 2.26. The van der Waals surface area contributed by atoms with E-state index in [4.69, 9.17) is 4.98 Å². The number of halogens is 1. The van der Waals surface area contributed by atoms with Crippen molar-refractivity contribution in [1.82, 2.24) is 4.98 Å². The number of hydrogen-bond acceptors (Lipinski definition) is 2. The van der Waals surface area contributed by atoms with Crippen LogP contribution in [0.25, 0.3) is 22.2 Å². The summed E-state index contributed by atoms with van der Waals surface area (Å²) in [4.78, 5) is 17.8. The molecule has 4 heteroatoms. The summed E-state index contributed by atoms with van der Waals surface area (Å²) in [7, 11) is 0. The number of aryl methyl sites for hydroxylation is 1. The Bertz CT molecular complexity index is 1140. The van der Waals surface area contributed by atoms with E-state index in [0.717, 1.165) is 37.9 Å². The third-order valence-corrected chi connectivity index (χ3v) is 4.91. The summed E-state index contributed by atoms with van der Waals surface area (Å²) in [5.74, 6) is -0.148. The average molecular weight is 417 g/mol. The fraction of sp³-hybridized carbons (Fsp3) is 0.0435. The fourth-order valence-electron chi connectivity index (χ4n) is 3.05. The second-order valence-electron chi connectivity index (χ2n) is 6.40. The van der Waals surface area contributed by atoms with Gasteiger partial charge in [-0.3, -0.25) is 4.79 Å². The maximum atomic E-state index is 13.0. The van der Waals surface area contributed by atoms with Gasteiger partial charge < -0.3 is 5.32 Å². The molecular weight excluding hydrogens is 400 g/mol. The van der Waals surface area contributed by atoms with Crippen LogP contribution in [0.5, 0.6) is 0 Å². The molecule has 0 saturated heterocycles. The summed E-state index contributed by atoms with van der Waals surface area (Å²) < 4.78 is 0.969. The smallest absolute Gasteiger partial charge is 0.256 e. The Morgan fingerprint density at radius 3 is 2.48 bits per heavy atom. The number of benzene rings is 3. The van der Waals surface area contributed by atoms with Gasteiger partial charge in [-0.2, -0.15) is 0 Å². The van der Waals surface area contributed by atoms with Crippen LogP contribution in [0, 0.1) is 6.92 Å². The normalized spacial score (nSPS) is 10.7. The first-order valence-corrected chi connectivity index (χ1v) is 9.43. The number of nitrogens with one attached hydrogen (secondary N) is 1. The van der Waals surface area contributed by atoms with E-state index in [1.54, 1.807) is 0 Å². The largest absolute Gasteiger partial charge is 0.322 e. The van der Waals surface area contributed by atoms with Gasteiger partial charge >= 0.3 is 0 Å². The van der Waals surface area contributed by atoms with E-state index in [1.165, 1.54) is 0 Å². The van der Waals surface area contributed by atoms with Crippen molar-refractivity contribution in [2.75, 3.05) is 5.32 Å². The molecule has 1 amide bonds. The van der Waals surface area contributed by atoms with E-state index in [2.05, 4.69) is 27.3 Å². The van der Waals surface area contributed by atoms with E-state index >= 15 is 0 Å².